The Balaban J connectivity index is 3.41. The molecule has 16 heavy (non-hydrogen) atoms. The van der Waals surface area contributed by atoms with Crippen molar-refractivity contribution in [3.8, 4) is 12.3 Å². The number of halogens is 6. The minimum Gasteiger partial charge on any atom is -0.239 e. The predicted molar refractivity (Wildman–Crippen MR) is 42.2 cm³/mol. The molecule has 0 amide bonds. The van der Waals surface area contributed by atoms with Crippen molar-refractivity contribution in [3.05, 3.63) is 29.1 Å². The van der Waals surface area contributed by atoms with Crippen LogP contribution in [-0.4, -0.2) is 4.98 Å². The van der Waals surface area contributed by atoms with Crippen LogP contribution in [0.4, 0.5) is 26.3 Å². The Bertz CT molecular complexity index is 405. The number of hydrogen-bond acceptors (Lipinski definition) is 1. The zero-order chi connectivity index (χ0) is 12.6. The lowest BCUT2D eigenvalue weighted by atomic mass is 10.2. The van der Waals surface area contributed by atoms with Crippen LogP contribution in [0.1, 0.15) is 17.0 Å². The summed E-state index contributed by atoms with van der Waals surface area (Å²) < 4.78 is 73.0. The highest BCUT2D eigenvalue weighted by Gasteiger charge is 2.38. The fourth-order valence-electron chi connectivity index (χ4n) is 0.904. The molecule has 0 atom stereocenters. The first-order valence-corrected chi connectivity index (χ1v) is 3.77. The number of rotatable bonds is 0. The molecule has 1 nitrogen and oxygen atoms in total. The van der Waals surface area contributed by atoms with Gasteiger partial charge in [-0.25, -0.2) is 4.98 Å². The summed E-state index contributed by atoms with van der Waals surface area (Å²) >= 11 is 0. The monoisotopic (exact) mass is 239 g/mol. The number of pyridine rings is 1. The van der Waals surface area contributed by atoms with Crippen molar-refractivity contribution in [1.82, 2.24) is 4.98 Å². The number of hydrogen-bond donors (Lipinski definition) is 0. The molecule has 0 aliphatic heterocycles. The van der Waals surface area contributed by atoms with Crippen molar-refractivity contribution in [2.45, 2.75) is 12.4 Å². The van der Waals surface area contributed by atoms with E-state index in [0.29, 0.717) is 12.1 Å². The summed E-state index contributed by atoms with van der Waals surface area (Å²) in [4.78, 5) is 2.48. The molecule has 0 bridgehead atoms. The normalized spacial score (nSPS) is 12.3. The van der Waals surface area contributed by atoms with Gasteiger partial charge < -0.3 is 0 Å². The van der Waals surface area contributed by atoms with Crippen LogP contribution in [0.2, 0.25) is 0 Å². The lowest BCUT2D eigenvalue weighted by molar-refractivity contribution is -0.150. The van der Waals surface area contributed by atoms with Gasteiger partial charge in [0.2, 0.25) is 0 Å². The molecule has 1 heterocycles. The van der Waals surface area contributed by atoms with Crippen LogP contribution in [0.5, 0.6) is 0 Å². The molecule has 0 saturated carbocycles. The van der Waals surface area contributed by atoms with Crippen LogP contribution in [0.3, 0.4) is 0 Å². The summed E-state index contributed by atoms with van der Waals surface area (Å²) in [5.74, 6) is 1.71. The second kappa shape index (κ2) is 3.70. The highest BCUT2D eigenvalue weighted by atomic mass is 19.4. The molecule has 0 N–H and O–H groups in total. The van der Waals surface area contributed by atoms with Gasteiger partial charge in [0, 0.05) is 5.56 Å². The lowest BCUT2D eigenvalue weighted by Crippen LogP contribution is -2.15. The van der Waals surface area contributed by atoms with Crippen LogP contribution in [0.25, 0.3) is 0 Å². The van der Waals surface area contributed by atoms with Crippen LogP contribution in [0, 0.1) is 12.3 Å². The van der Waals surface area contributed by atoms with E-state index in [9.17, 15) is 26.3 Å². The topological polar surface area (TPSA) is 12.9 Å². The van der Waals surface area contributed by atoms with Gasteiger partial charge >= 0.3 is 12.4 Å². The maximum Gasteiger partial charge on any atom is 0.433 e. The smallest absolute Gasteiger partial charge is 0.239 e. The Morgan fingerprint density at radius 2 is 1.31 bits per heavy atom. The second-order valence-electron chi connectivity index (χ2n) is 2.77. The summed E-state index contributed by atoms with van der Waals surface area (Å²) in [6, 6.07) is 0.768. The van der Waals surface area contributed by atoms with Crippen LogP contribution >= 0.6 is 0 Å². The summed E-state index contributed by atoms with van der Waals surface area (Å²) in [6.07, 6.45) is -5.17. The second-order valence-corrected chi connectivity index (χ2v) is 2.77. The molecule has 0 aromatic carbocycles. The number of nitrogens with zero attached hydrogens (tertiary/aromatic N) is 1. The third kappa shape index (κ3) is 2.66. The fourth-order valence-corrected chi connectivity index (χ4v) is 0.904. The molecule has 0 unspecified atom stereocenters. The van der Waals surface area contributed by atoms with Crippen molar-refractivity contribution >= 4 is 0 Å². The van der Waals surface area contributed by atoms with Gasteiger partial charge in [-0.15, -0.1) is 6.42 Å². The van der Waals surface area contributed by atoms with E-state index in [2.05, 4.69) is 4.98 Å². The molecule has 0 fully saturated rings. The number of alkyl halides is 6. The molecular formula is C9H3F6N. The van der Waals surface area contributed by atoms with Crippen molar-refractivity contribution in [2.24, 2.45) is 0 Å². The molecule has 7 heteroatoms. The van der Waals surface area contributed by atoms with E-state index in [0.717, 1.165) is 0 Å². The van der Waals surface area contributed by atoms with Crippen molar-refractivity contribution in [2.75, 3.05) is 0 Å². The summed E-state index contributed by atoms with van der Waals surface area (Å²) in [6.45, 7) is 0. The Hall–Kier alpha value is -1.71. The maximum absolute atomic E-state index is 12.2. The third-order valence-corrected chi connectivity index (χ3v) is 1.57. The van der Waals surface area contributed by atoms with Gasteiger partial charge in [0.05, 0.1) is 0 Å². The van der Waals surface area contributed by atoms with E-state index >= 15 is 0 Å². The molecule has 0 aliphatic rings. The maximum atomic E-state index is 12.2. The first kappa shape index (κ1) is 12.4. The fraction of sp³-hybridized carbons (Fsp3) is 0.222. The zero-order valence-electron chi connectivity index (χ0n) is 7.45. The van der Waals surface area contributed by atoms with Gasteiger partial charge in [-0.2, -0.15) is 26.3 Å². The molecule has 0 saturated heterocycles. The molecule has 0 spiro atoms. The van der Waals surface area contributed by atoms with Gasteiger partial charge in [0.15, 0.2) is 0 Å². The van der Waals surface area contributed by atoms with E-state index < -0.39 is 29.3 Å². The lowest BCUT2D eigenvalue weighted by Gasteiger charge is -2.10. The average Bonchev–Trinajstić information content (AvgIpc) is 2.14. The largest absolute Gasteiger partial charge is 0.433 e. The van der Waals surface area contributed by atoms with E-state index in [1.165, 1.54) is 0 Å². The molecule has 0 radical (unpaired) electrons. The van der Waals surface area contributed by atoms with Gasteiger partial charge in [0.25, 0.3) is 0 Å². The van der Waals surface area contributed by atoms with Gasteiger partial charge in [-0.1, -0.05) is 5.92 Å². The minimum atomic E-state index is -4.97. The number of terminal acetylenes is 1. The Labute approximate surface area is 86.1 Å². The van der Waals surface area contributed by atoms with E-state index in [1.54, 1.807) is 5.92 Å². The minimum absolute atomic E-state index is 0.384. The number of aromatic nitrogens is 1. The van der Waals surface area contributed by atoms with E-state index in [1.807, 2.05) is 0 Å². The Morgan fingerprint density at radius 1 is 0.938 bits per heavy atom. The van der Waals surface area contributed by atoms with Crippen LogP contribution in [0.15, 0.2) is 12.1 Å². The van der Waals surface area contributed by atoms with Crippen LogP contribution < -0.4 is 0 Å². The van der Waals surface area contributed by atoms with Crippen LogP contribution in [-0.2, 0) is 12.4 Å². The zero-order valence-corrected chi connectivity index (χ0v) is 7.45. The van der Waals surface area contributed by atoms with E-state index in [4.69, 9.17) is 6.42 Å². The van der Waals surface area contributed by atoms with Crippen molar-refractivity contribution in [1.29, 1.82) is 0 Å². The summed E-state index contributed by atoms with van der Waals surface area (Å²) in [7, 11) is 0. The van der Waals surface area contributed by atoms with E-state index in [-0.39, 0.29) is 0 Å². The quantitative estimate of drug-likeness (QED) is 0.500. The summed E-state index contributed by atoms with van der Waals surface area (Å²) in [5.41, 5.74) is -3.83. The SMILES string of the molecule is C#Cc1cc(C(F)(F)F)nc(C(F)(F)F)c1. The molecule has 1 aromatic heterocycles. The molecule has 0 aliphatic carbocycles. The Kier molecular flexibility index (Phi) is 2.86. The molecule has 1 rings (SSSR count). The first-order chi connectivity index (χ1) is 7.14. The first-order valence-electron chi connectivity index (χ1n) is 3.77. The third-order valence-electron chi connectivity index (χ3n) is 1.57. The van der Waals surface area contributed by atoms with Gasteiger partial charge in [-0.05, 0) is 12.1 Å². The van der Waals surface area contributed by atoms with Crippen molar-refractivity contribution in [3.63, 3.8) is 0 Å². The predicted octanol–water partition coefficient (Wildman–Crippen LogP) is 3.10. The standard InChI is InChI=1S/C9H3F6N/c1-2-5-3-6(8(10,11)12)16-7(4-5)9(13,14)15/h1,3-4H. The highest BCUT2D eigenvalue weighted by Crippen LogP contribution is 2.33. The molecule has 86 valence electrons. The van der Waals surface area contributed by atoms with Gasteiger partial charge in [0.1, 0.15) is 11.4 Å². The summed E-state index contributed by atoms with van der Waals surface area (Å²) in [5, 5.41) is 0. The van der Waals surface area contributed by atoms with Gasteiger partial charge in [-0.3, -0.25) is 0 Å². The molecule has 1 aromatic rings. The Morgan fingerprint density at radius 3 is 1.56 bits per heavy atom. The van der Waals surface area contributed by atoms with Crippen molar-refractivity contribution < 1.29 is 26.3 Å². The highest BCUT2D eigenvalue weighted by molar-refractivity contribution is 5.36. The molecular weight excluding hydrogens is 236 g/mol. The average molecular weight is 239 g/mol.